The summed E-state index contributed by atoms with van der Waals surface area (Å²) in [7, 11) is 1.56. The van der Waals surface area contributed by atoms with E-state index < -0.39 is 42.0 Å². The van der Waals surface area contributed by atoms with Crippen LogP contribution in [-0.2, 0) is 36.9 Å². The van der Waals surface area contributed by atoms with E-state index in [-0.39, 0.29) is 32.0 Å². The number of nitrogens with one attached hydrogen (secondary N) is 4. The molecular formula is C40H57ClN6O7. The van der Waals surface area contributed by atoms with Gasteiger partial charge >= 0.3 is 12.1 Å². The lowest BCUT2D eigenvalue weighted by molar-refractivity contribution is -0.179. The number of carbonyl (C=O) groups excluding carboxylic acids is 4. The SMILES string of the molecule is CCOC(OCC)[C@H](C)N(Cc1cccc2ccccc12)C(=O)[C@H](CCCCNC(=O)OC(C)(C)C)NC(=O)CN(C)NC(=O)NCc1ccc(Cl)cc1. The topological polar surface area (TPSA) is 151 Å². The molecule has 13 nitrogen and oxygen atoms in total. The molecule has 2 atom stereocenters. The predicted octanol–water partition coefficient (Wildman–Crippen LogP) is 6.14. The second kappa shape index (κ2) is 22.1. The van der Waals surface area contributed by atoms with Gasteiger partial charge in [0.15, 0.2) is 6.29 Å². The molecule has 3 aromatic rings. The zero-order valence-corrected chi connectivity index (χ0v) is 33.3. The number of hydrogen-bond donors (Lipinski definition) is 4. The third kappa shape index (κ3) is 15.1. The Balaban J connectivity index is 1.80. The van der Waals surface area contributed by atoms with Gasteiger partial charge in [-0.2, -0.15) is 0 Å². The number of amides is 5. The molecule has 296 valence electrons. The van der Waals surface area contributed by atoms with E-state index >= 15 is 0 Å². The van der Waals surface area contributed by atoms with Crippen LogP contribution in [0.3, 0.4) is 0 Å². The fourth-order valence-electron chi connectivity index (χ4n) is 5.77. The summed E-state index contributed by atoms with van der Waals surface area (Å²) in [4.78, 5) is 54.7. The van der Waals surface area contributed by atoms with Crippen LogP contribution in [0.5, 0.6) is 0 Å². The van der Waals surface area contributed by atoms with Crippen molar-refractivity contribution >= 4 is 46.3 Å². The van der Waals surface area contributed by atoms with E-state index in [1.165, 1.54) is 5.01 Å². The van der Waals surface area contributed by atoms with Crippen LogP contribution in [0.1, 0.15) is 71.9 Å². The number of ether oxygens (including phenoxy) is 3. The van der Waals surface area contributed by atoms with Gasteiger partial charge in [-0.1, -0.05) is 66.2 Å². The Hall–Kier alpha value is -4.43. The van der Waals surface area contributed by atoms with Crippen LogP contribution in [0.4, 0.5) is 9.59 Å². The lowest BCUT2D eigenvalue weighted by Gasteiger charge is -2.37. The minimum Gasteiger partial charge on any atom is -0.444 e. The third-order valence-corrected chi connectivity index (χ3v) is 8.56. The van der Waals surface area contributed by atoms with Gasteiger partial charge in [-0.3, -0.25) is 15.0 Å². The predicted molar refractivity (Wildman–Crippen MR) is 210 cm³/mol. The van der Waals surface area contributed by atoms with Gasteiger partial charge in [-0.05, 0) is 94.8 Å². The molecule has 0 aliphatic rings. The number of urea groups is 1. The van der Waals surface area contributed by atoms with Gasteiger partial charge in [0.2, 0.25) is 11.8 Å². The van der Waals surface area contributed by atoms with Crippen molar-refractivity contribution in [1.82, 2.24) is 31.3 Å². The van der Waals surface area contributed by atoms with Crippen LogP contribution >= 0.6 is 11.6 Å². The number of hydrogen-bond acceptors (Lipinski definition) is 8. The molecule has 0 aromatic heterocycles. The van der Waals surface area contributed by atoms with Crippen molar-refractivity contribution in [3.63, 3.8) is 0 Å². The van der Waals surface area contributed by atoms with Gasteiger partial charge in [0.25, 0.3) is 0 Å². The average Bonchev–Trinajstić information content (AvgIpc) is 3.11. The van der Waals surface area contributed by atoms with Crippen molar-refractivity contribution in [2.75, 3.05) is 33.4 Å². The average molecular weight is 769 g/mol. The normalized spacial score (nSPS) is 12.6. The van der Waals surface area contributed by atoms with E-state index in [1.54, 1.807) is 57.0 Å². The molecule has 4 N–H and O–H groups in total. The molecule has 0 radical (unpaired) electrons. The first-order valence-corrected chi connectivity index (χ1v) is 18.8. The van der Waals surface area contributed by atoms with Gasteiger partial charge in [-0.15, -0.1) is 0 Å². The van der Waals surface area contributed by atoms with Crippen molar-refractivity contribution in [3.8, 4) is 0 Å². The highest BCUT2D eigenvalue weighted by atomic mass is 35.5. The molecule has 14 heteroatoms. The first-order valence-electron chi connectivity index (χ1n) is 18.5. The van der Waals surface area contributed by atoms with Crippen LogP contribution in [-0.4, -0.2) is 91.2 Å². The van der Waals surface area contributed by atoms with Crippen molar-refractivity contribution < 1.29 is 33.4 Å². The Kier molecular flexibility index (Phi) is 18.0. The molecule has 0 saturated heterocycles. The second-order valence-electron chi connectivity index (χ2n) is 13.9. The van der Waals surface area contributed by atoms with Crippen LogP contribution in [0.2, 0.25) is 5.02 Å². The number of hydrazine groups is 1. The summed E-state index contributed by atoms with van der Waals surface area (Å²) < 4.78 is 17.3. The number of unbranched alkanes of at least 4 members (excludes halogenated alkanes) is 1. The fraction of sp³-hybridized carbons (Fsp3) is 0.500. The summed E-state index contributed by atoms with van der Waals surface area (Å²) in [5.41, 5.74) is 3.79. The zero-order valence-electron chi connectivity index (χ0n) is 32.6. The zero-order chi connectivity index (χ0) is 39.7. The third-order valence-electron chi connectivity index (χ3n) is 8.31. The number of likely N-dealkylation sites (N-methyl/N-ethyl adjacent to an activating group) is 1. The highest BCUT2D eigenvalue weighted by Crippen LogP contribution is 2.24. The van der Waals surface area contributed by atoms with E-state index in [4.69, 9.17) is 25.8 Å². The standard InChI is InChI=1S/C40H57ClN6O7/c1-8-52-37(53-9-2)28(3)47(26-31-17-14-16-30-15-10-11-18-33(30)31)36(49)34(19-12-13-24-42-39(51)54-40(4,5)6)44-35(48)27-46(7)45-38(50)43-25-29-20-22-32(41)23-21-29/h10-11,14-18,20-23,28,34,37H,8-9,12-13,19,24-27H2,1-7H3,(H,42,51)(H,44,48)(H2,43,45,50)/t28-,34-/m0/s1. The summed E-state index contributed by atoms with van der Waals surface area (Å²) in [6.07, 6.45) is 0.0866. The number of rotatable bonds is 20. The molecule has 0 saturated carbocycles. The first-order chi connectivity index (χ1) is 25.7. The summed E-state index contributed by atoms with van der Waals surface area (Å²) in [6.45, 7) is 12.3. The molecule has 0 bridgehead atoms. The maximum atomic E-state index is 14.7. The lowest BCUT2D eigenvalue weighted by Crippen LogP contribution is -2.56. The summed E-state index contributed by atoms with van der Waals surface area (Å²) >= 11 is 5.95. The lowest BCUT2D eigenvalue weighted by atomic mass is 10.0. The Morgan fingerprint density at radius 2 is 1.54 bits per heavy atom. The monoisotopic (exact) mass is 768 g/mol. The number of halogens is 1. The number of carbonyl (C=O) groups is 4. The number of benzene rings is 3. The smallest absolute Gasteiger partial charge is 0.407 e. The van der Waals surface area contributed by atoms with Crippen molar-refractivity contribution in [2.45, 2.75) is 97.9 Å². The Morgan fingerprint density at radius 3 is 2.20 bits per heavy atom. The molecule has 0 fully saturated rings. The van der Waals surface area contributed by atoms with E-state index in [0.717, 1.165) is 21.9 Å². The minimum atomic E-state index is -0.938. The maximum absolute atomic E-state index is 14.7. The van der Waals surface area contributed by atoms with E-state index in [9.17, 15) is 19.2 Å². The molecule has 3 aromatic carbocycles. The summed E-state index contributed by atoms with van der Waals surface area (Å²) in [5.74, 6) is -0.783. The quantitative estimate of drug-likeness (QED) is 0.0609. The molecule has 0 aliphatic heterocycles. The fourth-order valence-corrected chi connectivity index (χ4v) is 5.89. The van der Waals surface area contributed by atoms with Gasteiger partial charge in [0.05, 0.1) is 12.6 Å². The summed E-state index contributed by atoms with van der Waals surface area (Å²) in [5, 5.41) is 12.4. The van der Waals surface area contributed by atoms with Crippen molar-refractivity contribution in [2.24, 2.45) is 0 Å². The summed E-state index contributed by atoms with van der Waals surface area (Å²) in [6, 6.07) is 19.1. The highest BCUT2D eigenvalue weighted by Gasteiger charge is 2.34. The van der Waals surface area contributed by atoms with Gasteiger partial charge in [0.1, 0.15) is 11.6 Å². The first kappa shape index (κ1) is 44.0. The largest absolute Gasteiger partial charge is 0.444 e. The molecule has 0 heterocycles. The minimum absolute atomic E-state index is 0.224. The van der Waals surface area contributed by atoms with E-state index in [1.807, 2.05) is 63.2 Å². The molecule has 0 unspecified atom stereocenters. The Labute approximate surface area is 324 Å². The number of alkyl carbamates (subject to hydrolysis) is 1. The number of nitrogens with zero attached hydrogens (tertiary/aromatic N) is 2. The maximum Gasteiger partial charge on any atom is 0.407 e. The Bertz CT molecular complexity index is 1640. The van der Waals surface area contributed by atoms with Gasteiger partial charge in [-0.25, -0.2) is 14.6 Å². The van der Waals surface area contributed by atoms with Crippen LogP contribution in [0, 0.1) is 0 Å². The van der Waals surface area contributed by atoms with Crippen molar-refractivity contribution in [3.05, 3.63) is 82.9 Å². The van der Waals surface area contributed by atoms with Crippen molar-refractivity contribution in [1.29, 1.82) is 0 Å². The molecule has 0 spiro atoms. The Morgan fingerprint density at radius 1 is 0.870 bits per heavy atom. The van der Waals surface area contributed by atoms with Crippen LogP contribution < -0.4 is 21.4 Å². The molecule has 0 aliphatic carbocycles. The van der Waals surface area contributed by atoms with E-state index in [2.05, 4.69) is 21.4 Å². The molecular weight excluding hydrogens is 712 g/mol. The number of fused-ring (bicyclic) bond motifs is 1. The van der Waals surface area contributed by atoms with E-state index in [0.29, 0.717) is 37.6 Å². The van der Waals surface area contributed by atoms with Gasteiger partial charge in [0, 0.05) is 44.9 Å². The van der Waals surface area contributed by atoms with Crippen LogP contribution in [0.25, 0.3) is 10.8 Å². The highest BCUT2D eigenvalue weighted by molar-refractivity contribution is 6.30. The second-order valence-corrected chi connectivity index (χ2v) is 14.4. The van der Waals surface area contributed by atoms with Gasteiger partial charge < -0.3 is 35.1 Å². The van der Waals surface area contributed by atoms with Crippen LogP contribution in [0.15, 0.2) is 66.7 Å². The molecule has 5 amide bonds. The molecule has 3 rings (SSSR count). The molecule has 54 heavy (non-hydrogen) atoms.